The summed E-state index contributed by atoms with van der Waals surface area (Å²) in [6.07, 6.45) is 0. The lowest BCUT2D eigenvalue weighted by Crippen LogP contribution is -2.27. The first-order chi connectivity index (χ1) is 9.82. The first kappa shape index (κ1) is 14.6. The third kappa shape index (κ3) is 2.60. The highest BCUT2D eigenvalue weighted by molar-refractivity contribution is 6.09. The molecule has 110 valence electrons. The SMILES string of the molecule is Cc1[nH]c(C(=O)O)c(C)c1C(=O)N(C)c1cccc(O)c1. The summed E-state index contributed by atoms with van der Waals surface area (Å²) in [7, 11) is 1.57. The number of aromatic nitrogens is 1. The number of hydrogen-bond acceptors (Lipinski definition) is 3. The van der Waals surface area contributed by atoms with Gasteiger partial charge in [0, 0.05) is 24.5 Å². The summed E-state index contributed by atoms with van der Waals surface area (Å²) in [4.78, 5) is 27.8. The topological polar surface area (TPSA) is 93.6 Å². The van der Waals surface area contributed by atoms with Crippen LogP contribution in [0.4, 0.5) is 5.69 Å². The number of benzene rings is 1. The van der Waals surface area contributed by atoms with Crippen molar-refractivity contribution in [3.63, 3.8) is 0 Å². The normalized spacial score (nSPS) is 10.4. The summed E-state index contributed by atoms with van der Waals surface area (Å²) >= 11 is 0. The Hall–Kier alpha value is -2.76. The van der Waals surface area contributed by atoms with Crippen LogP contribution in [0.25, 0.3) is 0 Å². The number of carboxylic acid groups (broad SMARTS) is 1. The minimum Gasteiger partial charge on any atom is -0.508 e. The average Bonchev–Trinajstić information content (AvgIpc) is 2.72. The van der Waals surface area contributed by atoms with Crippen LogP contribution < -0.4 is 4.90 Å². The molecule has 0 atom stereocenters. The number of nitrogens with one attached hydrogen (secondary N) is 1. The van der Waals surface area contributed by atoms with Gasteiger partial charge in [0.15, 0.2) is 0 Å². The van der Waals surface area contributed by atoms with Crippen LogP contribution in [0.5, 0.6) is 5.75 Å². The number of amides is 1. The fraction of sp³-hybridized carbons (Fsp3) is 0.200. The molecule has 0 unspecified atom stereocenters. The Morgan fingerprint density at radius 3 is 2.43 bits per heavy atom. The molecule has 21 heavy (non-hydrogen) atoms. The molecule has 1 amide bonds. The molecule has 3 N–H and O–H groups in total. The van der Waals surface area contributed by atoms with E-state index in [2.05, 4.69) is 4.98 Å². The van der Waals surface area contributed by atoms with Crippen LogP contribution in [-0.2, 0) is 0 Å². The Bertz CT molecular complexity index is 718. The standard InChI is InChI=1S/C15H16N2O4/c1-8-12(9(2)16-13(8)15(20)21)14(19)17(3)10-5-4-6-11(18)7-10/h4-7,16,18H,1-3H3,(H,20,21). The fourth-order valence-corrected chi connectivity index (χ4v) is 2.27. The number of phenols is 1. The van der Waals surface area contributed by atoms with E-state index in [1.54, 1.807) is 33.0 Å². The van der Waals surface area contributed by atoms with Crippen LogP contribution in [0.1, 0.15) is 32.1 Å². The third-order valence-electron chi connectivity index (χ3n) is 3.39. The van der Waals surface area contributed by atoms with Crippen molar-refractivity contribution in [2.45, 2.75) is 13.8 Å². The maximum Gasteiger partial charge on any atom is 0.352 e. The van der Waals surface area contributed by atoms with Gasteiger partial charge in [-0.05, 0) is 31.5 Å². The number of hydrogen-bond donors (Lipinski definition) is 3. The van der Waals surface area contributed by atoms with Gasteiger partial charge in [-0.1, -0.05) is 6.07 Å². The Balaban J connectivity index is 2.43. The van der Waals surface area contributed by atoms with Crippen molar-refractivity contribution >= 4 is 17.6 Å². The van der Waals surface area contributed by atoms with Gasteiger partial charge in [0.2, 0.25) is 0 Å². The van der Waals surface area contributed by atoms with Crippen LogP contribution in [0.3, 0.4) is 0 Å². The molecule has 0 aliphatic heterocycles. The van der Waals surface area contributed by atoms with Gasteiger partial charge >= 0.3 is 5.97 Å². The van der Waals surface area contributed by atoms with Gasteiger partial charge < -0.3 is 20.1 Å². The van der Waals surface area contributed by atoms with Crippen LogP contribution in [0, 0.1) is 13.8 Å². The monoisotopic (exact) mass is 288 g/mol. The molecule has 0 radical (unpaired) electrons. The van der Waals surface area contributed by atoms with Gasteiger partial charge in [-0.3, -0.25) is 4.79 Å². The molecule has 0 saturated heterocycles. The van der Waals surface area contributed by atoms with E-state index in [1.807, 2.05) is 0 Å². The molecule has 2 aromatic rings. The molecule has 0 bridgehead atoms. The van der Waals surface area contributed by atoms with Crippen molar-refractivity contribution in [2.24, 2.45) is 0 Å². The maximum absolute atomic E-state index is 12.6. The number of rotatable bonds is 3. The van der Waals surface area contributed by atoms with Gasteiger partial charge in [0.1, 0.15) is 11.4 Å². The number of aryl methyl sites for hydroxylation is 1. The average molecular weight is 288 g/mol. The third-order valence-corrected chi connectivity index (χ3v) is 3.39. The molecule has 0 spiro atoms. The van der Waals surface area contributed by atoms with E-state index in [9.17, 15) is 14.7 Å². The Morgan fingerprint density at radius 2 is 1.90 bits per heavy atom. The summed E-state index contributed by atoms with van der Waals surface area (Å²) in [5.74, 6) is -1.38. The van der Waals surface area contributed by atoms with E-state index in [0.29, 0.717) is 22.5 Å². The molecular formula is C15H16N2O4. The Morgan fingerprint density at radius 1 is 1.24 bits per heavy atom. The number of aromatic hydroxyl groups is 1. The van der Waals surface area contributed by atoms with E-state index >= 15 is 0 Å². The second-order valence-corrected chi connectivity index (χ2v) is 4.81. The molecule has 0 aliphatic rings. The van der Waals surface area contributed by atoms with E-state index < -0.39 is 5.97 Å². The predicted molar refractivity (Wildman–Crippen MR) is 78.1 cm³/mol. The van der Waals surface area contributed by atoms with Crippen molar-refractivity contribution in [1.82, 2.24) is 4.98 Å². The molecular weight excluding hydrogens is 272 g/mol. The summed E-state index contributed by atoms with van der Waals surface area (Å²) in [6, 6.07) is 6.30. The second-order valence-electron chi connectivity index (χ2n) is 4.81. The number of carboxylic acids is 1. The molecule has 0 aliphatic carbocycles. The quantitative estimate of drug-likeness (QED) is 0.808. The predicted octanol–water partition coefficient (Wildman–Crippen LogP) is 2.31. The molecule has 6 heteroatoms. The lowest BCUT2D eigenvalue weighted by Gasteiger charge is -2.18. The highest BCUT2D eigenvalue weighted by Crippen LogP contribution is 2.24. The van der Waals surface area contributed by atoms with E-state index in [1.165, 1.54) is 17.0 Å². The number of carbonyl (C=O) groups excluding carboxylic acids is 1. The zero-order chi connectivity index (χ0) is 15.7. The molecule has 0 saturated carbocycles. The smallest absolute Gasteiger partial charge is 0.352 e. The number of anilines is 1. The van der Waals surface area contributed by atoms with Crippen molar-refractivity contribution < 1.29 is 19.8 Å². The van der Waals surface area contributed by atoms with Crippen molar-refractivity contribution in [1.29, 1.82) is 0 Å². The Labute approximate surface area is 121 Å². The minimum atomic E-state index is -1.10. The molecule has 1 aromatic carbocycles. The van der Waals surface area contributed by atoms with Crippen molar-refractivity contribution in [3.8, 4) is 5.75 Å². The lowest BCUT2D eigenvalue weighted by molar-refractivity contribution is 0.0690. The second kappa shape index (κ2) is 5.32. The number of carbonyl (C=O) groups is 2. The molecule has 6 nitrogen and oxygen atoms in total. The van der Waals surface area contributed by atoms with Gasteiger partial charge in [-0.25, -0.2) is 4.79 Å². The van der Waals surface area contributed by atoms with Crippen LogP contribution in [-0.4, -0.2) is 34.1 Å². The molecule has 0 fully saturated rings. The number of nitrogens with zero attached hydrogens (tertiary/aromatic N) is 1. The summed E-state index contributed by atoms with van der Waals surface area (Å²) in [6.45, 7) is 3.25. The first-order valence-electron chi connectivity index (χ1n) is 6.32. The highest BCUT2D eigenvalue weighted by atomic mass is 16.4. The highest BCUT2D eigenvalue weighted by Gasteiger charge is 2.24. The van der Waals surface area contributed by atoms with Gasteiger partial charge in [-0.15, -0.1) is 0 Å². The number of phenolic OH excluding ortho intramolecular Hbond substituents is 1. The summed E-state index contributed by atoms with van der Waals surface area (Å²) in [5.41, 5.74) is 1.77. The molecule has 2 rings (SSSR count). The Kier molecular flexibility index (Phi) is 3.71. The van der Waals surface area contributed by atoms with Gasteiger partial charge in [-0.2, -0.15) is 0 Å². The van der Waals surface area contributed by atoms with Crippen molar-refractivity contribution in [3.05, 3.63) is 46.8 Å². The fourth-order valence-electron chi connectivity index (χ4n) is 2.27. The largest absolute Gasteiger partial charge is 0.508 e. The zero-order valence-electron chi connectivity index (χ0n) is 12.0. The number of H-pyrrole nitrogens is 1. The van der Waals surface area contributed by atoms with Gasteiger partial charge in [0.25, 0.3) is 5.91 Å². The summed E-state index contributed by atoms with van der Waals surface area (Å²) < 4.78 is 0. The minimum absolute atomic E-state index is 0.0140. The van der Waals surface area contributed by atoms with E-state index in [4.69, 9.17) is 5.11 Å². The van der Waals surface area contributed by atoms with E-state index in [0.717, 1.165) is 0 Å². The molecule has 1 heterocycles. The number of aromatic amines is 1. The zero-order valence-corrected chi connectivity index (χ0v) is 12.0. The first-order valence-corrected chi connectivity index (χ1v) is 6.32. The maximum atomic E-state index is 12.6. The lowest BCUT2D eigenvalue weighted by atomic mass is 10.1. The van der Waals surface area contributed by atoms with Gasteiger partial charge in [0.05, 0.1) is 5.56 Å². The van der Waals surface area contributed by atoms with Crippen LogP contribution in [0.2, 0.25) is 0 Å². The summed E-state index contributed by atoms with van der Waals surface area (Å²) in [5, 5.41) is 18.6. The number of aromatic carboxylic acids is 1. The molecule has 1 aromatic heterocycles. The van der Waals surface area contributed by atoms with E-state index in [-0.39, 0.29) is 17.4 Å². The van der Waals surface area contributed by atoms with Crippen LogP contribution >= 0.6 is 0 Å². The van der Waals surface area contributed by atoms with Crippen molar-refractivity contribution in [2.75, 3.05) is 11.9 Å². The van der Waals surface area contributed by atoms with Crippen LogP contribution in [0.15, 0.2) is 24.3 Å².